The van der Waals surface area contributed by atoms with Crippen LogP contribution < -0.4 is 10.1 Å². The molecule has 2 aromatic carbocycles. The summed E-state index contributed by atoms with van der Waals surface area (Å²) in [6.07, 6.45) is -0.651. The molecule has 5 heteroatoms. The number of anilines is 1. The van der Waals surface area contributed by atoms with Gasteiger partial charge in [-0.2, -0.15) is 0 Å². The van der Waals surface area contributed by atoms with E-state index >= 15 is 0 Å². The van der Waals surface area contributed by atoms with Gasteiger partial charge in [-0.3, -0.25) is 4.79 Å². The van der Waals surface area contributed by atoms with Gasteiger partial charge in [-0.05, 0) is 44.0 Å². The first-order chi connectivity index (χ1) is 12.0. The quantitative estimate of drug-likeness (QED) is 0.751. The number of nitrogens with zero attached hydrogens (tertiary/aromatic N) is 1. The highest BCUT2D eigenvalue weighted by Crippen LogP contribution is 2.23. The van der Waals surface area contributed by atoms with Crippen molar-refractivity contribution >= 4 is 11.7 Å². The fraction of sp³-hybridized carbons (Fsp3) is 0.200. The molecule has 0 fully saturated rings. The van der Waals surface area contributed by atoms with Crippen LogP contribution in [0.2, 0.25) is 0 Å². The third kappa shape index (κ3) is 4.26. The second-order valence-electron chi connectivity index (χ2n) is 5.96. The molecule has 0 aliphatic rings. The van der Waals surface area contributed by atoms with Crippen LogP contribution in [0.3, 0.4) is 0 Å². The van der Waals surface area contributed by atoms with Crippen molar-refractivity contribution in [3.05, 3.63) is 65.9 Å². The van der Waals surface area contributed by atoms with Crippen LogP contribution in [0.15, 0.2) is 59.1 Å². The molecule has 0 bridgehead atoms. The maximum atomic E-state index is 12.1. The fourth-order valence-corrected chi connectivity index (χ4v) is 2.38. The number of benzene rings is 2. The van der Waals surface area contributed by atoms with E-state index in [-0.39, 0.29) is 5.91 Å². The minimum atomic E-state index is -0.651. The first-order valence-corrected chi connectivity index (χ1v) is 8.09. The van der Waals surface area contributed by atoms with Crippen LogP contribution in [0, 0.1) is 13.8 Å². The van der Waals surface area contributed by atoms with Crippen molar-refractivity contribution in [3.8, 4) is 16.9 Å². The summed E-state index contributed by atoms with van der Waals surface area (Å²) in [5.74, 6) is 1.37. The lowest BCUT2D eigenvalue weighted by atomic mass is 10.0. The summed E-state index contributed by atoms with van der Waals surface area (Å²) < 4.78 is 10.6. The number of aromatic nitrogens is 1. The number of ether oxygens (including phenoxy) is 1. The molecule has 3 aromatic rings. The molecule has 1 amide bonds. The lowest BCUT2D eigenvalue weighted by Crippen LogP contribution is -2.30. The Bertz CT molecular complexity index is 851. The smallest absolute Gasteiger partial charge is 0.266 e. The minimum absolute atomic E-state index is 0.282. The van der Waals surface area contributed by atoms with Gasteiger partial charge in [0, 0.05) is 6.07 Å². The molecular formula is C20H20N2O3. The highest BCUT2D eigenvalue weighted by Gasteiger charge is 2.16. The van der Waals surface area contributed by atoms with Crippen LogP contribution in [-0.4, -0.2) is 17.2 Å². The van der Waals surface area contributed by atoms with E-state index in [9.17, 15) is 4.79 Å². The summed E-state index contributed by atoms with van der Waals surface area (Å²) in [4.78, 5) is 12.1. The summed E-state index contributed by atoms with van der Waals surface area (Å²) in [6.45, 7) is 5.52. The normalized spacial score (nSPS) is 11.8. The molecule has 0 radical (unpaired) electrons. The Morgan fingerprint density at radius 2 is 1.64 bits per heavy atom. The predicted octanol–water partition coefficient (Wildman–Crippen LogP) is 4.36. The number of hydrogen-bond donors (Lipinski definition) is 1. The number of rotatable bonds is 5. The van der Waals surface area contributed by atoms with Crippen molar-refractivity contribution < 1.29 is 14.1 Å². The van der Waals surface area contributed by atoms with Crippen LogP contribution in [0.1, 0.15) is 18.2 Å². The SMILES string of the molecule is Cc1ccc(-c2ccc(OC(C)C(=O)Nc3cc(C)on3)cc2)cc1. The van der Waals surface area contributed by atoms with Gasteiger partial charge in [-0.25, -0.2) is 0 Å². The molecule has 1 atom stereocenters. The highest BCUT2D eigenvalue weighted by atomic mass is 16.5. The summed E-state index contributed by atoms with van der Waals surface area (Å²) in [5.41, 5.74) is 3.47. The van der Waals surface area contributed by atoms with Crippen LogP contribution >= 0.6 is 0 Å². The molecule has 1 N–H and O–H groups in total. The van der Waals surface area contributed by atoms with Crippen LogP contribution in [-0.2, 0) is 4.79 Å². The molecular weight excluding hydrogens is 316 g/mol. The zero-order valence-corrected chi connectivity index (χ0v) is 14.4. The molecule has 0 saturated heterocycles. The first-order valence-electron chi connectivity index (χ1n) is 8.09. The van der Waals surface area contributed by atoms with E-state index in [2.05, 4.69) is 41.7 Å². The van der Waals surface area contributed by atoms with Crippen molar-refractivity contribution in [1.82, 2.24) is 5.16 Å². The summed E-state index contributed by atoms with van der Waals surface area (Å²) in [5, 5.41) is 6.39. The van der Waals surface area contributed by atoms with E-state index in [1.165, 1.54) is 5.56 Å². The average Bonchev–Trinajstić information content (AvgIpc) is 3.01. The number of amides is 1. The van der Waals surface area contributed by atoms with E-state index < -0.39 is 6.10 Å². The van der Waals surface area contributed by atoms with Gasteiger partial charge in [0.05, 0.1) is 0 Å². The second kappa shape index (κ2) is 7.21. The third-order valence-corrected chi connectivity index (χ3v) is 3.80. The van der Waals surface area contributed by atoms with E-state index in [1.54, 1.807) is 19.9 Å². The van der Waals surface area contributed by atoms with Gasteiger partial charge in [0.2, 0.25) is 0 Å². The molecule has 1 heterocycles. The Hall–Kier alpha value is -3.08. The van der Waals surface area contributed by atoms with Crippen LogP contribution in [0.25, 0.3) is 11.1 Å². The van der Waals surface area contributed by atoms with Crippen LogP contribution in [0.4, 0.5) is 5.82 Å². The Morgan fingerprint density at radius 3 is 2.20 bits per heavy atom. The van der Waals surface area contributed by atoms with E-state index in [0.29, 0.717) is 17.3 Å². The topological polar surface area (TPSA) is 64.4 Å². The van der Waals surface area contributed by atoms with Crippen LogP contribution in [0.5, 0.6) is 5.75 Å². The maximum absolute atomic E-state index is 12.1. The first kappa shape index (κ1) is 16.8. The van der Waals surface area contributed by atoms with Crippen molar-refractivity contribution in [1.29, 1.82) is 0 Å². The monoisotopic (exact) mass is 336 g/mol. The van der Waals surface area contributed by atoms with Gasteiger partial charge < -0.3 is 14.6 Å². The molecule has 3 rings (SSSR count). The van der Waals surface area contributed by atoms with E-state index in [4.69, 9.17) is 9.26 Å². The molecule has 0 spiro atoms. The summed E-state index contributed by atoms with van der Waals surface area (Å²) in [6, 6.07) is 17.7. The lowest BCUT2D eigenvalue weighted by molar-refractivity contribution is -0.122. The predicted molar refractivity (Wildman–Crippen MR) is 96.6 cm³/mol. The molecule has 1 unspecified atom stereocenters. The molecule has 0 saturated carbocycles. The molecule has 128 valence electrons. The number of carbonyl (C=O) groups is 1. The Kier molecular flexibility index (Phi) is 4.84. The van der Waals surface area contributed by atoms with Crippen molar-refractivity contribution in [2.24, 2.45) is 0 Å². The van der Waals surface area contributed by atoms with Gasteiger partial charge in [0.15, 0.2) is 11.9 Å². The molecule has 1 aromatic heterocycles. The van der Waals surface area contributed by atoms with Gasteiger partial charge in [0.25, 0.3) is 5.91 Å². The zero-order valence-electron chi connectivity index (χ0n) is 14.4. The minimum Gasteiger partial charge on any atom is -0.481 e. The fourth-order valence-electron chi connectivity index (χ4n) is 2.38. The van der Waals surface area contributed by atoms with E-state index in [0.717, 1.165) is 11.1 Å². The van der Waals surface area contributed by atoms with E-state index in [1.807, 2.05) is 24.3 Å². The maximum Gasteiger partial charge on any atom is 0.266 e. The van der Waals surface area contributed by atoms with Crippen molar-refractivity contribution in [2.45, 2.75) is 26.9 Å². The standard InChI is InChI=1S/C20H20N2O3/c1-13-4-6-16(7-5-13)17-8-10-18(11-9-17)24-15(3)20(23)21-19-12-14(2)25-22-19/h4-12,15H,1-3H3,(H,21,22,23). The van der Waals surface area contributed by atoms with Gasteiger partial charge in [0.1, 0.15) is 11.5 Å². The molecule has 0 aliphatic carbocycles. The number of nitrogens with one attached hydrogen (secondary N) is 1. The largest absolute Gasteiger partial charge is 0.481 e. The second-order valence-corrected chi connectivity index (χ2v) is 5.96. The molecule has 0 aliphatic heterocycles. The molecule has 25 heavy (non-hydrogen) atoms. The summed E-state index contributed by atoms with van der Waals surface area (Å²) >= 11 is 0. The molecule has 5 nitrogen and oxygen atoms in total. The van der Waals surface area contributed by atoms with Gasteiger partial charge in [-0.1, -0.05) is 47.1 Å². The van der Waals surface area contributed by atoms with Gasteiger partial charge >= 0.3 is 0 Å². The number of carbonyl (C=O) groups excluding carboxylic acids is 1. The third-order valence-electron chi connectivity index (χ3n) is 3.80. The van der Waals surface area contributed by atoms with Crippen molar-refractivity contribution in [3.63, 3.8) is 0 Å². The van der Waals surface area contributed by atoms with Crippen molar-refractivity contribution in [2.75, 3.05) is 5.32 Å². The number of aryl methyl sites for hydroxylation is 2. The Labute approximate surface area is 146 Å². The Balaban J connectivity index is 1.62. The zero-order chi connectivity index (χ0) is 17.8. The average molecular weight is 336 g/mol. The highest BCUT2D eigenvalue weighted by molar-refractivity contribution is 5.93. The summed E-state index contributed by atoms with van der Waals surface area (Å²) in [7, 11) is 0. The lowest BCUT2D eigenvalue weighted by Gasteiger charge is -2.14. The van der Waals surface area contributed by atoms with Gasteiger partial charge in [-0.15, -0.1) is 0 Å². The Morgan fingerprint density at radius 1 is 1.04 bits per heavy atom. The number of hydrogen-bond acceptors (Lipinski definition) is 4.